The largest absolute Gasteiger partial charge is 0.489 e. The van der Waals surface area contributed by atoms with Gasteiger partial charge in [-0.3, -0.25) is 0 Å². The van der Waals surface area contributed by atoms with Crippen LogP contribution in [-0.4, -0.2) is 14.7 Å². The molecule has 0 bridgehead atoms. The minimum absolute atomic E-state index is 0.484. The van der Waals surface area contributed by atoms with Gasteiger partial charge in [-0.25, -0.2) is 4.98 Å². The number of fused-ring (bicyclic) bond motifs is 1. The van der Waals surface area contributed by atoms with Gasteiger partial charge in [0.05, 0.1) is 12.0 Å². The minimum Gasteiger partial charge on any atom is -0.489 e. The van der Waals surface area contributed by atoms with Crippen LogP contribution in [0.2, 0.25) is 0 Å². The lowest BCUT2D eigenvalue weighted by Crippen LogP contribution is -2.37. The van der Waals surface area contributed by atoms with Crippen molar-refractivity contribution in [2.24, 2.45) is 0 Å². The summed E-state index contributed by atoms with van der Waals surface area (Å²) in [4.78, 5) is 4.95. The maximum Gasteiger partial charge on any atom is 0.133 e. The number of benzene rings is 5. The molecule has 1 N–H and O–H groups in total. The smallest absolute Gasteiger partial charge is 0.133 e. The highest BCUT2D eigenvalue weighted by Gasteiger charge is 2.43. The van der Waals surface area contributed by atoms with Crippen LogP contribution in [0.25, 0.3) is 0 Å². The molecule has 4 nitrogen and oxygen atoms in total. The van der Waals surface area contributed by atoms with Crippen molar-refractivity contribution in [3.63, 3.8) is 0 Å². The SMILES string of the molecule is OC1(c2cn(C(c3ccccc3)(c3ccccc3)c3ccccc3)cn2)CCCc2c(OCc3ccccc3)cccc21. The van der Waals surface area contributed by atoms with Gasteiger partial charge in [0.2, 0.25) is 0 Å². The molecule has 1 aliphatic rings. The Labute approximate surface area is 252 Å². The van der Waals surface area contributed by atoms with E-state index in [0.717, 1.165) is 52.0 Å². The summed E-state index contributed by atoms with van der Waals surface area (Å²) < 4.78 is 8.49. The van der Waals surface area contributed by atoms with Gasteiger partial charge in [-0.1, -0.05) is 133 Å². The van der Waals surface area contributed by atoms with E-state index < -0.39 is 11.1 Å². The van der Waals surface area contributed by atoms with Crippen molar-refractivity contribution in [3.05, 3.63) is 191 Å². The van der Waals surface area contributed by atoms with E-state index in [-0.39, 0.29) is 0 Å². The molecule has 212 valence electrons. The molecule has 1 unspecified atom stereocenters. The van der Waals surface area contributed by atoms with Crippen LogP contribution >= 0.6 is 0 Å². The molecular weight excluding hydrogens is 528 g/mol. The molecule has 0 amide bonds. The van der Waals surface area contributed by atoms with Crippen molar-refractivity contribution in [2.45, 2.75) is 37.0 Å². The molecule has 1 atom stereocenters. The van der Waals surface area contributed by atoms with E-state index in [4.69, 9.17) is 9.72 Å². The summed E-state index contributed by atoms with van der Waals surface area (Å²) in [6, 6.07) is 47.8. The predicted molar refractivity (Wildman–Crippen MR) is 170 cm³/mol. The van der Waals surface area contributed by atoms with Gasteiger partial charge in [0.15, 0.2) is 0 Å². The summed E-state index contributed by atoms with van der Waals surface area (Å²) in [5.74, 6) is 0.825. The van der Waals surface area contributed by atoms with E-state index in [9.17, 15) is 5.11 Å². The van der Waals surface area contributed by atoms with E-state index in [1.807, 2.05) is 67.1 Å². The number of rotatable bonds is 8. The van der Waals surface area contributed by atoms with Crippen LogP contribution in [0, 0.1) is 0 Å². The molecule has 0 aliphatic heterocycles. The third-order valence-corrected chi connectivity index (χ3v) is 8.75. The highest BCUT2D eigenvalue weighted by Crippen LogP contribution is 2.45. The molecule has 1 aliphatic carbocycles. The number of aromatic nitrogens is 2. The average Bonchev–Trinajstić information content (AvgIpc) is 3.58. The number of hydrogen-bond acceptors (Lipinski definition) is 3. The summed E-state index contributed by atoms with van der Waals surface area (Å²) in [6.45, 7) is 0.484. The van der Waals surface area contributed by atoms with Crippen LogP contribution in [0.3, 0.4) is 0 Å². The molecule has 1 aromatic heterocycles. The zero-order valence-electron chi connectivity index (χ0n) is 24.0. The molecule has 0 radical (unpaired) electrons. The molecule has 0 saturated carbocycles. The predicted octanol–water partition coefficient (Wildman–Crippen LogP) is 7.87. The lowest BCUT2D eigenvalue weighted by molar-refractivity contribution is 0.0566. The molecule has 0 spiro atoms. The number of aliphatic hydroxyl groups is 1. The van der Waals surface area contributed by atoms with Crippen LogP contribution < -0.4 is 4.74 Å². The Hall–Kier alpha value is -4.93. The van der Waals surface area contributed by atoms with Gasteiger partial charge >= 0.3 is 0 Å². The Balaban J connectivity index is 1.35. The second-order valence-electron chi connectivity index (χ2n) is 11.2. The molecule has 0 saturated heterocycles. The normalized spacial score (nSPS) is 16.4. The molecule has 43 heavy (non-hydrogen) atoms. The quantitative estimate of drug-likeness (QED) is 0.192. The zero-order chi connectivity index (χ0) is 29.1. The molecule has 5 aromatic carbocycles. The Morgan fingerprint density at radius 3 is 1.84 bits per heavy atom. The monoisotopic (exact) mass is 562 g/mol. The zero-order valence-corrected chi connectivity index (χ0v) is 24.0. The minimum atomic E-state index is -1.24. The molecule has 7 rings (SSSR count). The van der Waals surface area contributed by atoms with Gasteiger partial charge in [-0.2, -0.15) is 0 Å². The lowest BCUT2D eigenvalue weighted by atomic mass is 9.76. The summed E-state index contributed by atoms with van der Waals surface area (Å²) in [5.41, 5.74) is 5.10. The second kappa shape index (κ2) is 11.4. The van der Waals surface area contributed by atoms with E-state index in [0.29, 0.717) is 18.7 Å². The Morgan fingerprint density at radius 1 is 0.698 bits per heavy atom. The Morgan fingerprint density at radius 2 is 1.26 bits per heavy atom. The first kappa shape index (κ1) is 26.9. The van der Waals surface area contributed by atoms with Crippen LogP contribution in [0.4, 0.5) is 0 Å². The molecule has 0 fully saturated rings. The third-order valence-electron chi connectivity index (χ3n) is 8.75. The lowest BCUT2D eigenvalue weighted by Gasteiger charge is -2.38. The fraction of sp³-hybridized carbons (Fsp3) is 0.154. The van der Waals surface area contributed by atoms with Gasteiger partial charge in [0.25, 0.3) is 0 Å². The number of imidazole rings is 1. The number of nitrogens with zero attached hydrogens (tertiary/aromatic N) is 2. The van der Waals surface area contributed by atoms with Crippen LogP contribution in [-0.2, 0) is 24.2 Å². The van der Waals surface area contributed by atoms with Crippen LogP contribution in [0.15, 0.2) is 152 Å². The van der Waals surface area contributed by atoms with Crippen LogP contribution in [0.5, 0.6) is 5.75 Å². The first-order valence-corrected chi connectivity index (χ1v) is 14.9. The van der Waals surface area contributed by atoms with Gasteiger partial charge < -0.3 is 14.4 Å². The second-order valence-corrected chi connectivity index (χ2v) is 11.2. The topological polar surface area (TPSA) is 47.3 Å². The molecular formula is C39H34N2O2. The summed E-state index contributed by atoms with van der Waals surface area (Å²) in [7, 11) is 0. The van der Waals surface area contributed by atoms with Gasteiger partial charge in [-0.05, 0) is 53.1 Å². The van der Waals surface area contributed by atoms with Crippen molar-refractivity contribution < 1.29 is 9.84 Å². The first-order chi connectivity index (χ1) is 21.2. The maximum atomic E-state index is 12.5. The fourth-order valence-corrected chi connectivity index (χ4v) is 6.71. The molecule has 1 heterocycles. The summed E-state index contributed by atoms with van der Waals surface area (Å²) in [5, 5.41) is 12.5. The molecule has 4 heteroatoms. The molecule has 6 aromatic rings. The summed E-state index contributed by atoms with van der Waals surface area (Å²) in [6.07, 6.45) is 6.20. The maximum absolute atomic E-state index is 12.5. The average molecular weight is 563 g/mol. The van der Waals surface area contributed by atoms with E-state index >= 15 is 0 Å². The standard InChI is InChI=1S/C39H34N2O2/c42-38(26-14-23-34-35(38)24-13-25-36(34)43-28-30-15-5-1-6-16-30)37-27-41(29-40-37)39(31-17-7-2-8-18-31,32-19-9-3-10-20-32)33-21-11-4-12-22-33/h1-13,15-22,24-25,27,29,42H,14,23,26,28H2. The van der Waals surface area contributed by atoms with Crippen molar-refractivity contribution >= 4 is 0 Å². The van der Waals surface area contributed by atoms with Gasteiger partial charge in [0.1, 0.15) is 23.5 Å². The number of hydrogen-bond donors (Lipinski definition) is 1. The third kappa shape index (κ3) is 4.74. The van der Waals surface area contributed by atoms with Crippen molar-refractivity contribution in [1.29, 1.82) is 0 Å². The summed E-state index contributed by atoms with van der Waals surface area (Å²) >= 11 is 0. The highest BCUT2D eigenvalue weighted by atomic mass is 16.5. The van der Waals surface area contributed by atoms with Crippen LogP contribution in [0.1, 0.15) is 51.9 Å². The Bertz CT molecular complexity index is 1700. The van der Waals surface area contributed by atoms with Crippen molar-refractivity contribution in [1.82, 2.24) is 9.55 Å². The number of ether oxygens (including phenoxy) is 1. The van der Waals surface area contributed by atoms with E-state index in [2.05, 4.69) is 89.5 Å². The van der Waals surface area contributed by atoms with Gasteiger partial charge in [-0.15, -0.1) is 0 Å². The first-order valence-electron chi connectivity index (χ1n) is 14.9. The highest BCUT2D eigenvalue weighted by molar-refractivity contribution is 5.52. The van der Waals surface area contributed by atoms with Gasteiger partial charge in [0, 0.05) is 11.8 Å². The Kier molecular flexibility index (Phi) is 7.14. The fourth-order valence-electron chi connectivity index (χ4n) is 6.71. The van der Waals surface area contributed by atoms with Crippen molar-refractivity contribution in [3.8, 4) is 5.75 Å². The van der Waals surface area contributed by atoms with Crippen molar-refractivity contribution in [2.75, 3.05) is 0 Å². The van der Waals surface area contributed by atoms with E-state index in [1.54, 1.807) is 0 Å². The van der Waals surface area contributed by atoms with E-state index in [1.165, 1.54) is 0 Å².